The topological polar surface area (TPSA) is 43.4 Å². The van der Waals surface area contributed by atoms with Gasteiger partial charge in [0.15, 0.2) is 0 Å². The molecule has 0 N–H and O–H groups in total. The van der Waals surface area contributed by atoms with Crippen molar-refractivity contribution in [3.8, 4) is 0 Å². The number of esters is 1. The van der Waals surface area contributed by atoms with Crippen LogP contribution in [0.15, 0.2) is 0 Å². The fraction of sp³-hybridized carbons (Fsp3) is 0.889. The first kappa shape index (κ1) is 18.2. The van der Waals surface area contributed by atoms with Gasteiger partial charge in [0.25, 0.3) is 0 Å². The molecule has 0 aromatic heterocycles. The molecular weight excluding hydrogens is 264 g/mol. The van der Waals surface area contributed by atoms with Gasteiger partial charge in [-0.1, -0.05) is 20.8 Å². The van der Waals surface area contributed by atoms with Crippen LogP contribution in [0, 0.1) is 22.7 Å². The Morgan fingerprint density at radius 2 is 1.52 bits per heavy atom. The summed E-state index contributed by atoms with van der Waals surface area (Å²) in [5.41, 5.74) is -0.630. The van der Waals surface area contributed by atoms with Crippen LogP contribution >= 0.6 is 0 Å². The Morgan fingerprint density at radius 1 is 1.00 bits per heavy atom. The molecule has 0 radical (unpaired) electrons. The lowest BCUT2D eigenvalue weighted by Crippen LogP contribution is -2.34. The predicted octanol–water partition coefficient (Wildman–Crippen LogP) is 4.39. The molecule has 0 aromatic rings. The molecule has 1 fully saturated rings. The van der Waals surface area contributed by atoms with Crippen LogP contribution in [0.3, 0.4) is 0 Å². The molecule has 0 amide bonds. The summed E-state index contributed by atoms with van der Waals surface area (Å²) in [6.07, 6.45) is 4.77. The minimum Gasteiger partial charge on any atom is -0.465 e. The lowest BCUT2D eigenvalue weighted by molar-refractivity contribution is -0.155. The quantitative estimate of drug-likeness (QED) is 0.707. The van der Waals surface area contributed by atoms with E-state index in [9.17, 15) is 9.59 Å². The van der Waals surface area contributed by atoms with Crippen LogP contribution < -0.4 is 0 Å². The first-order chi connectivity index (χ1) is 9.58. The average molecular weight is 296 g/mol. The van der Waals surface area contributed by atoms with Crippen LogP contribution in [0.5, 0.6) is 0 Å². The molecule has 0 aromatic carbocycles. The van der Waals surface area contributed by atoms with Crippen molar-refractivity contribution in [3.63, 3.8) is 0 Å². The average Bonchev–Trinajstić information content (AvgIpc) is 2.43. The highest BCUT2D eigenvalue weighted by atomic mass is 16.5. The molecule has 0 spiro atoms. The maximum absolute atomic E-state index is 12.5. The van der Waals surface area contributed by atoms with Gasteiger partial charge in [0.1, 0.15) is 5.78 Å². The van der Waals surface area contributed by atoms with Gasteiger partial charge in [-0.15, -0.1) is 0 Å². The van der Waals surface area contributed by atoms with Gasteiger partial charge in [-0.3, -0.25) is 9.59 Å². The standard InChI is InChI=1S/C18H32O3/c1-7-18(5,6)15(19)14-10-8-13(9-11-14)12-21-16(20)17(2,3)4/h13-14H,7-12H2,1-6H3. The lowest BCUT2D eigenvalue weighted by Gasteiger charge is -2.32. The van der Waals surface area contributed by atoms with Gasteiger partial charge in [-0.25, -0.2) is 0 Å². The number of ketones is 1. The lowest BCUT2D eigenvalue weighted by atomic mass is 9.72. The van der Waals surface area contributed by atoms with Crippen LogP contribution in [0.25, 0.3) is 0 Å². The van der Waals surface area contributed by atoms with E-state index in [4.69, 9.17) is 4.74 Å². The molecule has 0 heterocycles. The van der Waals surface area contributed by atoms with Crippen molar-refractivity contribution in [1.82, 2.24) is 0 Å². The van der Waals surface area contributed by atoms with Crippen LogP contribution in [-0.2, 0) is 14.3 Å². The molecule has 3 heteroatoms. The third kappa shape index (κ3) is 5.12. The zero-order valence-corrected chi connectivity index (χ0v) is 14.6. The molecule has 0 aliphatic heterocycles. The summed E-state index contributed by atoms with van der Waals surface area (Å²) in [6.45, 7) is 12.3. The molecule has 0 saturated heterocycles. The summed E-state index contributed by atoms with van der Waals surface area (Å²) >= 11 is 0. The van der Waals surface area contributed by atoms with Crippen molar-refractivity contribution in [2.24, 2.45) is 22.7 Å². The van der Waals surface area contributed by atoms with E-state index in [2.05, 4.69) is 6.92 Å². The van der Waals surface area contributed by atoms with Crippen molar-refractivity contribution < 1.29 is 14.3 Å². The van der Waals surface area contributed by atoms with E-state index in [0.29, 0.717) is 18.3 Å². The normalized spacial score (nSPS) is 23.7. The second-order valence-electron chi connectivity index (χ2n) is 8.17. The number of carbonyl (C=O) groups is 2. The van der Waals surface area contributed by atoms with Crippen molar-refractivity contribution in [1.29, 1.82) is 0 Å². The molecule has 0 unspecified atom stereocenters. The van der Waals surface area contributed by atoms with Crippen molar-refractivity contribution in [2.45, 2.75) is 73.6 Å². The van der Waals surface area contributed by atoms with Gasteiger partial charge in [0, 0.05) is 11.3 Å². The maximum atomic E-state index is 12.5. The number of rotatable bonds is 5. The highest BCUT2D eigenvalue weighted by Crippen LogP contribution is 2.35. The van der Waals surface area contributed by atoms with E-state index in [1.54, 1.807) is 0 Å². The zero-order valence-electron chi connectivity index (χ0n) is 14.6. The SMILES string of the molecule is CCC(C)(C)C(=O)C1CCC(COC(=O)C(C)(C)C)CC1. The summed E-state index contributed by atoms with van der Waals surface area (Å²) in [5, 5.41) is 0. The summed E-state index contributed by atoms with van der Waals surface area (Å²) in [5.74, 6) is 0.905. The molecule has 1 aliphatic rings. The molecule has 1 rings (SSSR count). The third-order valence-electron chi connectivity index (χ3n) is 4.83. The molecule has 1 aliphatic carbocycles. The molecule has 3 nitrogen and oxygen atoms in total. The smallest absolute Gasteiger partial charge is 0.311 e. The summed E-state index contributed by atoms with van der Waals surface area (Å²) < 4.78 is 5.41. The Morgan fingerprint density at radius 3 is 1.95 bits per heavy atom. The van der Waals surface area contributed by atoms with Crippen LogP contribution in [0.4, 0.5) is 0 Å². The fourth-order valence-corrected chi connectivity index (χ4v) is 2.73. The Kier molecular flexibility index (Phi) is 6.01. The molecule has 0 atom stereocenters. The Bertz CT molecular complexity index is 368. The van der Waals surface area contributed by atoms with Crippen molar-refractivity contribution >= 4 is 11.8 Å². The van der Waals surface area contributed by atoms with E-state index in [0.717, 1.165) is 32.1 Å². The summed E-state index contributed by atoms with van der Waals surface area (Å²) in [4.78, 5) is 24.2. The van der Waals surface area contributed by atoms with E-state index >= 15 is 0 Å². The fourth-order valence-electron chi connectivity index (χ4n) is 2.73. The second kappa shape index (κ2) is 6.93. The highest BCUT2D eigenvalue weighted by molar-refractivity contribution is 5.86. The summed E-state index contributed by atoms with van der Waals surface area (Å²) in [7, 11) is 0. The zero-order chi connectivity index (χ0) is 16.3. The van der Waals surface area contributed by atoms with Crippen LogP contribution in [0.2, 0.25) is 0 Å². The van der Waals surface area contributed by atoms with Gasteiger partial charge in [-0.2, -0.15) is 0 Å². The van der Waals surface area contributed by atoms with Crippen LogP contribution in [-0.4, -0.2) is 18.4 Å². The number of carbonyl (C=O) groups excluding carboxylic acids is 2. The van der Waals surface area contributed by atoms with Gasteiger partial charge in [-0.05, 0) is 58.8 Å². The largest absolute Gasteiger partial charge is 0.465 e. The number of hydrogen-bond donors (Lipinski definition) is 0. The van der Waals surface area contributed by atoms with Crippen molar-refractivity contribution in [2.75, 3.05) is 6.61 Å². The first-order valence-corrected chi connectivity index (χ1v) is 8.29. The van der Waals surface area contributed by atoms with E-state index in [-0.39, 0.29) is 17.3 Å². The maximum Gasteiger partial charge on any atom is 0.311 e. The van der Waals surface area contributed by atoms with Gasteiger partial charge < -0.3 is 4.74 Å². The van der Waals surface area contributed by atoms with Crippen molar-refractivity contribution in [3.05, 3.63) is 0 Å². The van der Waals surface area contributed by atoms with Crippen LogP contribution in [0.1, 0.15) is 73.6 Å². The van der Waals surface area contributed by atoms with E-state index in [1.807, 2.05) is 34.6 Å². The highest BCUT2D eigenvalue weighted by Gasteiger charge is 2.35. The monoisotopic (exact) mass is 296 g/mol. The van der Waals surface area contributed by atoms with Gasteiger partial charge in [0.2, 0.25) is 0 Å². The third-order valence-corrected chi connectivity index (χ3v) is 4.83. The Hall–Kier alpha value is -0.860. The molecule has 21 heavy (non-hydrogen) atoms. The Labute approximate surface area is 129 Å². The summed E-state index contributed by atoms with van der Waals surface area (Å²) in [6, 6.07) is 0. The minimum absolute atomic E-state index is 0.132. The molecule has 1 saturated carbocycles. The second-order valence-corrected chi connectivity index (χ2v) is 8.17. The number of hydrogen-bond acceptors (Lipinski definition) is 3. The van der Waals surface area contributed by atoms with Gasteiger partial charge in [0.05, 0.1) is 12.0 Å². The molecule has 0 bridgehead atoms. The first-order valence-electron chi connectivity index (χ1n) is 8.29. The molecule has 122 valence electrons. The van der Waals surface area contributed by atoms with E-state index in [1.165, 1.54) is 0 Å². The van der Waals surface area contributed by atoms with E-state index < -0.39 is 5.41 Å². The van der Waals surface area contributed by atoms with Gasteiger partial charge >= 0.3 is 5.97 Å². The predicted molar refractivity (Wildman–Crippen MR) is 84.9 cm³/mol. The Balaban J connectivity index is 2.40. The number of Topliss-reactive ketones (excluding diaryl/α,β-unsaturated/α-hetero) is 1. The molecular formula is C18H32O3. The number of ether oxygens (including phenoxy) is 1. The minimum atomic E-state index is -0.432.